The minimum atomic E-state index is -0.833. The van der Waals surface area contributed by atoms with Crippen molar-refractivity contribution in [2.24, 2.45) is 17.6 Å². The Morgan fingerprint density at radius 3 is 2.15 bits per heavy atom. The van der Waals surface area contributed by atoms with Crippen LogP contribution in [0.5, 0.6) is 0 Å². The van der Waals surface area contributed by atoms with Crippen molar-refractivity contribution in [1.82, 2.24) is 0 Å². The number of hydrogen-bond donors (Lipinski definition) is 2. The van der Waals surface area contributed by atoms with Gasteiger partial charge in [-0.05, 0) is 31.1 Å². The Labute approximate surface area is 80.3 Å². The summed E-state index contributed by atoms with van der Waals surface area (Å²) in [7, 11) is 0. The second kappa shape index (κ2) is 5.97. The molecule has 0 radical (unpaired) electrons. The van der Waals surface area contributed by atoms with Crippen LogP contribution < -0.4 is 5.73 Å². The number of carboxylic acids is 1. The van der Waals surface area contributed by atoms with E-state index >= 15 is 0 Å². The number of nitrogens with two attached hydrogens (primary N) is 1. The largest absolute Gasteiger partial charge is 0.481 e. The number of carboxylic acid groups (broad SMARTS) is 1. The third kappa shape index (κ3) is 6.58. The van der Waals surface area contributed by atoms with Crippen LogP contribution in [0.1, 0.15) is 40.0 Å². The van der Waals surface area contributed by atoms with Crippen molar-refractivity contribution in [2.45, 2.75) is 46.1 Å². The molecule has 1 saturated carbocycles. The molecule has 1 aliphatic rings. The summed E-state index contributed by atoms with van der Waals surface area (Å²) < 4.78 is 0. The Morgan fingerprint density at radius 1 is 1.38 bits per heavy atom. The number of rotatable bonds is 0. The fraction of sp³-hybridized carbons (Fsp3) is 0.900. The monoisotopic (exact) mass is 187 g/mol. The van der Waals surface area contributed by atoms with Gasteiger partial charge in [0.25, 0.3) is 5.97 Å². The highest BCUT2D eigenvalue weighted by atomic mass is 16.4. The smallest absolute Gasteiger partial charge is 0.300 e. The van der Waals surface area contributed by atoms with E-state index in [1.807, 2.05) is 0 Å². The predicted molar refractivity (Wildman–Crippen MR) is 53.5 cm³/mol. The number of aliphatic carboxylic acids is 1. The second-order valence-electron chi connectivity index (χ2n) is 4.08. The quantitative estimate of drug-likeness (QED) is 0.608. The van der Waals surface area contributed by atoms with Crippen molar-refractivity contribution in [1.29, 1.82) is 0 Å². The van der Waals surface area contributed by atoms with Crippen LogP contribution in [0.25, 0.3) is 0 Å². The lowest BCUT2D eigenvalue weighted by molar-refractivity contribution is -0.134. The summed E-state index contributed by atoms with van der Waals surface area (Å²) in [5.41, 5.74) is 5.84. The van der Waals surface area contributed by atoms with E-state index < -0.39 is 5.97 Å². The first-order valence-corrected chi connectivity index (χ1v) is 4.88. The van der Waals surface area contributed by atoms with E-state index in [-0.39, 0.29) is 0 Å². The van der Waals surface area contributed by atoms with Gasteiger partial charge in [-0.2, -0.15) is 0 Å². The molecule has 3 unspecified atom stereocenters. The van der Waals surface area contributed by atoms with Gasteiger partial charge in [-0.25, -0.2) is 0 Å². The molecule has 1 fully saturated rings. The fourth-order valence-corrected chi connectivity index (χ4v) is 1.69. The van der Waals surface area contributed by atoms with Gasteiger partial charge in [-0.3, -0.25) is 4.79 Å². The maximum atomic E-state index is 9.00. The van der Waals surface area contributed by atoms with Crippen LogP contribution in [0.2, 0.25) is 0 Å². The summed E-state index contributed by atoms with van der Waals surface area (Å²) in [4.78, 5) is 9.00. The van der Waals surface area contributed by atoms with Gasteiger partial charge in [0.2, 0.25) is 0 Å². The molecule has 0 aromatic carbocycles. The molecule has 78 valence electrons. The Bertz CT molecular complexity index is 155. The third-order valence-electron chi connectivity index (χ3n) is 2.50. The molecule has 3 nitrogen and oxygen atoms in total. The Morgan fingerprint density at radius 2 is 1.85 bits per heavy atom. The zero-order valence-corrected chi connectivity index (χ0v) is 8.79. The molecule has 3 N–H and O–H groups in total. The van der Waals surface area contributed by atoms with Crippen molar-refractivity contribution < 1.29 is 9.90 Å². The molecule has 0 saturated heterocycles. The van der Waals surface area contributed by atoms with E-state index in [0.717, 1.165) is 18.8 Å². The summed E-state index contributed by atoms with van der Waals surface area (Å²) >= 11 is 0. The third-order valence-corrected chi connectivity index (χ3v) is 2.50. The van der Waals surface area contributed by atoms with Gasteiger partial charge in [-0.1, -0.05) is 13.8 Å². The zero-order chi connectivity index (χ0) is 10.4. The van der Waals surface area contributed by atoms with Gasteiger partial charge >= 0.3 is 0 Å². The topological polar surface area (TPSA) is 63.3 Å². The van der Waals surface area contributed by atoms with Crippen LogP contribution in [0.4, 0.5) is 0 Å². The number of hydrogen-bond acceptors (Lipinski definition) is 2. The van der Waals surface area contributed by atoms with Crippen molar-refractivity contribution in [3.8, 4) is 0 Å². The first kappa shape index (κ1) is 12.4. The van der Waals surface area contributed by atoms with E-state index in [1.54, 1.807) is 0 Å². The highest BCUT2D eigenvalue weighted by molar-refractivity contribution is 5.62. The van der Waals surface area contributed by atoms with Crippen LogP contribution in [0, 0.1) is 11.8 Å². The van der Waals surface area contributed by atoms with Gasteiger partial charge < -0.3 is 10.8 Å². The van der Waals surface area contributed by atoms with E-state index in [2.05, 4.69) is 13.8 Å². The summed E-state index contributed by atoms with van der Waals surface area (Å²) in [5.74, 6) is 0.841. The molecule has 0 amide bonds. The van der Waals surface area contributed by atoms with E-state index in [1.165, 1.54) is 19.3 Å². The summed E-state index contributed by atoms with van der Waals surface area (Å²) in [6.07, 6.45) is 3.91. The molecule has 3 heteroatoms. The molecule has 3 atom stereocenters. The van der Waals surface area contributed by atoms with E-state index in [9.17, 15) is 0 Å². The highest BCUT2D eigenvalue weighted by Gasteiger charge is 2.21. The van der Waals surface area contributed by atoms with Gasteiger partial charge in [0.15, 0.2) is 0 Å². The molecule has 1 rings (SSSR count). The molecular weight excluding hydrogens is 166 g/mol. The van der Waals surface area contributed by atoms with Crippen molar-refractivity contribution in [3.63, 3.8) is 0 Å². The predicted octanol–water partition coefficient (Wildman–Crippen LogP) is 1.86. The Hall–Kier alpha value is -0.570. The zero-order valence-electron chi connectivity index (χ0n) is 8.79. The maximum Gasteiger partial charge on any atom is 0.300 e. The van der Waals surface area contributed by atoms with Crippen molar-refractivity contribution in [2.75, 3.05) is 0 Å². The van der Waals surface area contributed by atoms with Crippen molar-refractivity contribution in [3.05, 3.63) is 0 Å². The summed E-state index contributed by atoms with van der Waals surface area (Å²) in [6.45, 7) is 5.67. The van der Waals surface area contributed by atoms with Crippen LogP contribution in [-0.4, -0.2) is 17.1 Å². The minimum Gasteiger partial charge on any atom is -0.481 e. The molecule has 0 aromatic rings. The van der Waals surface area contributed by atoms with E-state index in [4.69, 9.17) is 15.6 Å². The van der Waals surface area contributed by atoms with Gasteiger partial charge in [0.1, 0.15) is 0 Å². The maximum absolute atomic E-state index is 9.00. The van der Waals surface area contributed by atoms with Crippen LogP contribution >= 0.6 is 0 Å². The molecule has 0 spiro atoms. The standard InChI is InChI=1S/C8H17N.C2H4O2/c1-6-3-4-8(9)7(2)5-6;1-2(3)4/h6-8H,3-5,9H2,1-2H3;1H3,(H,3,4). The van der Waals surface area contributed by atoms with Gasteiger partial charge in [0.05, 0.1) is 0 Å². The van der Waals surface area contributed by atoms with Crippen LogP contribution in [0.3, 0.4) is 0 Å². The first-order valence-electron chi connectivity index (χ1n) is 4.88. The lowest BCUT2D eigenvalue weighted by atomic mass is 9.80. The SMILES string of the molecule is CC(=O)O.CC1CCC(N)C(C)C1. The average Bonchev–Trinajstić information content (AvgIpc) is 1.96. The van der Waals surface area contributed by atoms with Gasteiger partial charge in [-0.15, -0.1) is 0 Å². The lowest BCUT2D eigenvalue weighted by Gasteiger charge is -2.29. The molecular formula is C10H21NO2. The second-order valence-corrected chi connectivity index (χ2v) is 4.08. The molecule has 0 heterocycles. The summed E-state index contributed by atoms with van der Waals surface area (Å²) in [5, 5.41) is 7.42. The molecule has 0 bridgehead atoms. The molecule has 13 heavy (non-hydrogen) atoms. The lowest BCUT2D eigenvalue weighted by Crippen LogP contribution is -2.33. The van der Waals surface area contributed by atoms with Crippen LogP contribution in [0.15, 0.2) is 0 Å². The Kier molecular flexibility index (Phi) is 5.71. The van der Waals surface area contributed by atoms with Crippen LogP contribution in [-0.2, 0) is 4.79 Å². The van der Waals surface area contributed by atoms with Crippen molar-refractivity contribution >= 4 is 5.97 Å². The van der Waals surface area contributed by atoms with E-state index in [0.29, 0.717) is 6.04 Å². The molecule has 0 aliphatic heterocycles. The van der Waals surface area contributed by atoms with Gasteiger partial charge in [0, 0.05) is 13.0 Å². The molecule has 0 aromatic heterocycles. The highest BCUT2D eigenvalue weighted by Crippen LogP contribution is 2.26. The Balaban J connectivity index is 0.000000310. The normalized spacial score (nSPS) is 33.1. The summed E-state index contributed by atoms with van der Waals surface area (Å²) in [6, 6.07) is 0.487. The minimum absolute atomic E-state index is 0.487. The average molecular weight is 187 g/mol. The fourth-order valence-electron chi connectivity index (χ4n) is 1.69. The number of carbonyl (C=O) groups is 1. The first-order chi connectivity index (χ1) is 5.93. The molecule has 1 aliphatic carbocycles.